The van der Waals surface area contributed by atoms with Crippen LogP contribution in [0.25, 0.3) is 0 Å². The van der Waals surface area contributed by atoms with E-state index in [0.29, 0.717) is 0 Å². The van der Waals surface area contributed by atoms with Crippen molar-refractivity contribution in [3.63, 3.8) is 0 Å². The number of nitrogens with zero attached hydrogens (tertiary/aromatic N) is 3. The third-order valence-electron chi connectivity index (χ3n) is 2.78. The molecule has 2 rings (SSSR count). The molecule has 0 radical (unpaired) electrons. The Bertz CT molecular complexity index is 416. The van der Waals surface area contributed by atoms with Crippen LogP contribution in [0.5, 0.6) is 0 Å². The molecule has 1 saturated heterocycles. The second-order valence-corrected chi connectivity index (χ2v) is 3.67. The van der Waals surface area contributed by atoms with Crippen LogP contribution in [0.3, 0.4) is 0 Å². The van der Waals surface area contributed by atoms with E-state index in [1.165, 1.54) is 19.0 Å². The number of nitrogens with one attached hydrogen (secondary N) is 1. The number of aliphatic imine (C=N–C) groups is 1. The zero-order valence-electron chi connectivity index (χ0n) is 8.57. The van der Waals surface area contributed by atoms with Gasteiger partial charge in [0.2, 0.25) is 0 Å². The van der Waals surface area contributed by atoms with Crippen molar-refractivity contribution in [1.29, 1.82) is 0 Å². The van der Waals surface area contributed by atoms with Crippen molar-refractivity contribution < 1.29 is 14.4 Å². The van der Waals surface area contributed by atoms with Gasteiger partial charge in [-0.3, -0.25) is 14.6 Å². The molecule has 7 nitrogen and oxygen atoms in total. The van der Waals surface area contributed by atoms with Gasteiger partial charge in [0.15, 0.2) is 11.4 Å². The Morgan fingerprint density at radius 2 is 1.87 bits per heavy atom. The highest BCUT2D eigenvalue weighted by atomic mass is 16.2. The molecule has 0 saturated carbocycles. The van der Waals surface area contributed by atoms with Gasteiger partial charge in [0, 0.05) is 14.1 Å². The van der Waals surface area contributed by atoms with Crippen molar-refractivity contribution >= 4 is 23.7 Å². The quantitative estimate of drug-likeness (QED) is 0.579. The van der Waals surface area contributed by atoms with Crippen LogP contribution in [-0.4, -0.2) is 53.2 Å². The first-order chi connectivity index (χ1) is 6.88. The van der Waals surface area contributed by atoms with E-state index in [-0.39, 0.29) is 5.71 Å². The minimum absolute atomic E-state index is 0.0529. The first-order valence-corrected chi connectivity index (χ1v) is 4.35. The Balaban J connectivity index is 2.54. The SMILES string of the molecule is CN1C(=O)C2=NC(=O)NC2(C)N(C)C1=O. The van der Waals surface area contributed by atoms with Crippen LogP contribution in [-0.2, 0) is 4.79 Å². The summed E-state index contributed by atoms with van der Waals surface area (Å²) in [6, 6.07) is -1.07. The number of carbonyl (C=O) groups is 3. The summed E-state index contributed by atoms with van der Waals surface area (Å²) in [6.07, 6.45) is 0. The molecule has 1 unspecified atom stereocenters. The van der Waals surface area contributed by atoms with Gasteiger partial charge in [0.25, 0.3) is 5.91 Å². The van der Waals surface area contributed by atoms with Crippen LogP contribution in [0, 0.1) is 0 Å². The van der Waals surface area contributed by atoms with E-state index >= 15 is 0 Å². The second-order valence-electron chi connectivity index (χ2n) is 3.67. The molecular weight excluding hydrogens is 200 g/mol. The zero-order valence-corrected chi connectivity index (χ0v) is 8.57. The van der Waals surface area contributed by atoms with Crippen molar-refractivity contribution in [3.05, 3.63) is 0 Å². The fraction of sp³-hybridized carbons (Fsp3) is 0.500. The van der Waals surface area contributed by atoms with Crippen LogP contribution in [0.15, 0.2) is 4.99 Å². The van der Waals surface area contributed by atoms with E-state index in [1.54, 1.807) is 6.92 Å². The molecule has 1 atom stereocenters. The van der Waals surface area contributed by atoms with Gasteiger partial charge in [0.1, 0.15) is 0 Å². The van der Waals surface area contributed by atoms with Crippen molar-refractivity contribution in [2.75, 3.05) is 14.1 Å². The van der Waals surface area contributed by atoms with Crippen LogP contribution < -0.4 is 5.32 Å². The van der Waals surface area contributed by atoms with Crippen LogP contribution in [0.4, 0.5) is 9.59 Å². The molecule has 0 aromatic carbocycles. The first-order valence-electron chi connectivity index (χ1n) is 4.35. The molecule has 0 aromatic rings. The Morgan fingerprint density at radius 3 is 2.47 bits per heavy atom. The van der Waals surface area contributed by atoms with Gasteiger partial charge in [-0.05, 0) is 6.92 Å². The van der Waals surface area contributed by atoms with Crippen LogP contribution in [0.1, 0.15) is 6.92 Å². The summed E-state index contributed by atoms with van der Waals surface area (Å²) in [5.74, 6) is -0.543. The predicted molar refractivity (Wildman–Crippen MR) is 50.3 cm³/mol. The Morgan fingerprint density at radius 1 is 1.27 bits per heavy atom. The number of carbonyl (C=O) groups excluding carboxylic acids is 3. The number of imide groups is 1. The van der Waals surface area contributed by atoms with Gasteiger partial charge in [-0.15, -0.1) is 0 Å². The molecule has 2 aliphatic rings. The summed E-state index contributed by atoms with van der Waals surface area (Å²) in [5, 5.41) is 2.48. The van der Waals surface area contributed by atoms with Gasteiger partial charge in [-0.25, -0.2) is 9.59 Å². The molecule has 7 heteroatoms. The van der Waals surface area contributed by atoms with Crippen LogP contribution >= 0.6 is 0 Å². The van der Waals surface area contributed by atoms with Crippen molar-refractivity contribution in [3.8, 4) is 0 Å². The van der Waals surface area contributed by atoms with Crippen molar-refractivity contribution in [2.24, 2.45) is 4.99 Å². The number of hydrogen-bond donors (Lipinski definition) is 1. The molecule has 0 bridgehead atoms. The third kappa shape index (κ3) is 0.997. The predicted octanol–water partition coefficient (Wildman–Crippen LogP) is -0.609. The molecular formula is C8H10N4O3. The Labute approximate surface area is 85.7 Å². The van der Waals surface area contributed by atoms with Gasteiger partial charge < -0.3 is 5.32 Å². The molecule has 80 valence electrons. The fourth-order valence-electron chi connectivity index (χ4n) is 1.67. The third-order valence-corrected chi connectivity index (χ3v) is 2.78. The fourth-order valence-corrected chi connectivity index (χ4v) is 1.67. The summed E-state index contributed by atoms with van der Waals surface area (Å²) in [5.41, 5.74) is -1.06. The van der Waals surface area contributed by atoms with E-state index in [2.05, 4.69) is 10.3 Å². The molecule has 1 N–H and O–H groups in total. The second kappa shape index (κ2) is 2.56. The number of rotatable bonds is 0. The topological polar surface area (TPSA) is 82.1 Å². The average molecular weight is 210 g/mol. The Hall–Kier alpha value is -1.92. The van der Waals surface area contributed by atoms with Crippen molar-refractivity contribution in [1.82, 2.24) is 15.1 Å². The molecule has 2 heterocycles. The lowest BCUT2D eigenvalue weighted by atomic mass is 10.0. The number of hydrogen-bond acceptors (Lipinski definition) is 3. The number of urea groups is 2. The molecule has 1 fully saturated rings. The van der Waals surface area contributed by atoms with Crippen molar-refractivity contribution in [2.45, 2.75) is 12.6 Å². The minimum Gasteiger partial charge on any atom is -0.308 e. The molecule has 0 aromatic heterocycles. The molecule has 5 amide bonds. The number of fused-ring (bicyclic) bond motifs is 1. The van der Waals surface area contributed by atoms with E-state index in [0.717, 1.165) is 4.90 Å². The van der Waals surface area contributed by atoms with Gasteiger partial charge >= 0.3 is 12.1 Å². The largest absolute Gasteiger partial charge is 0.343 e. The lowest BCUT2D eigenvalue weighted by molar-refractivity contribution is -0.122. The summed E-state index contributed by atoms with van der Waals surface area (Å²) in [4.78, 5) is 40.2. The monoisotopic (exact) mass is 210 g/mol. The lowest BCUT2D eigenvalue weighted by Gasteiger charge is -2.41. The highest BCUT2D eigenvalue weighted by Gasteiger charge is 2.53. The van der Waals surface area contributed by atoms with E-state index < -0.39 is 23.6 Å². The van der Waals surface area contributed by atoms with E-state index in [9.17, 15) is 14.4 Å². The maximum absolute atomic E-state index is 11.7. The maximum atomic E-state index is 11.7. The summed E-state index contributed by atoms with van der Waals surface area (Å²) >= 11 is 0. The van der Waals surface area contributed by atoms with E-state index in [1.807, 2.05) is 0 Å². The number of amides is 5. The molecule has 0 aliphatic carbocycles. The molecule has 2 aliphatic heterocycles. The lowest BCUT2D eigenvalue weighted by Crippen LogP contribution is -2.69. The first kappa shape index (κ1) is 9.63. The summed E-state index contributed by atoms with van der Waals surface area (Å²) < 4.78 is 0. The van der Waals surface area contributed by atoms with Gasteiger partial charge in [0.05, 0.1) is 0 Å². The normalized spacial score (nSPS) is 30.3. The van der Waals surface area contributed by atoms with Gasteiger partial charge in [-0.1, -0.05) is 0 Å². The smallest absolute Gasteiger partial charge is 0.308 e. The minimum atomic E-state index is -1.11. The standard InChI is InChI=1S/C8H10N4O3/c1-8-4(9-6(14)10-8)5(13)11(2)7(15)12(8)3/h1-3H3,(H,10,14). The summed E-state index contributed by atoms with van der Waals surface area (Å²) in [7, 11) is 2.86. The van der Waals surface area contributed by atoms with E-state index in [4.69, 9.17) is 0 Å². The molecule has 0 spiro atoms. The highest BCUT2D eigenvalue weighted by molar-refractivity contribution is 6.48. The zero-order chi connectivity index (χ0) is 11.4. The maximum Gasteiger partial charge on any atom is 0.343 e. The highest BCUT2D eigenvalue weighted by Crippen LogP contribution is 2.24. The van der Waals surface area contributed by atoms with Crippen LogP contribution in [0.2, 0.25) is 0 Å². The summed E-state index contributed by atoms with van der Waals surface area (Å²) in [6.45, 7) is 1.57. The Kier molecular flexibility index (Phi) is 1.64. The molecule has 15 heavy (non-hydrogen) atoms. The van der Waals surface area contributed by atoms with Gasteiger partial charge in [-0.2, -0.15) is 4.99 Å². The average Bonchev–Trinajstić information content (AvgIpc) is 2.49.